The quantitative estimate of drug-likeness (QED) is 0.488. The van der Waals surface area contributed by atoms with Gasteiger partial charge >= 0.3 is 0 Å². The van der Waals surface area contributed by atoms with Gasteiger partial charge in [-0.3, -0.25) is 5.01 Å². The van der Waals surface area contributed by atoms with E-state index in [1.165, 1.54) is 10.6 Å². The van der Waals surface area contributed by atoms with Gasteiger partial charge in [0.25, 0.3) is 0 Å². The molecule has 0 spiro atoms. The Morgan fingerprint density at radius 1 is 1.44 bits per heavy atom. The highest BCUT2D eigenvalue weighted by atomic mass is 15.4. The average Bonchev–Trinajstić information content (AvgIpc) is 1.97. The first-order chi connectivity index (χ1) is 4.29. The first kappa shape index (κ1) is 6.11. The summed E-state index contributed by atoms with van der Waals surface area (Å²) in [6, 6.07) is 0. The summed E-state index contributed by atoms with van der Waals surface area (Å²) in [5.74, 6) is 5.42. The van der Waals surface area contributed by atoms with E-state index in [0.717, 1.165) is 0 Å². The lowest BCUT2D eigenvalue weighted by Gasteiger charge is -2.02. The highest BCUT2D eigenvalue weighted by Crippen LogP contribution is 2.00. The molecule has 1 aliphatic rings. The van der Waals surface area contributed by atoms with E-state index in [-0.39, 0.29) is 0 Å². The number of allylic oxidation sites excluding steroid dienone is 4. The highest BCUT2D eigenvalue weighted by molar-refractivity contribution is 5.23. The van der Waals surface area contributed by atoms with Crippen molar-refractivity contribution in [2.45, 2.75) is 6.92 Å². The number of nitrogens with two attached hydrogens (primary N) is 1. The molecule has 0 atom stereocenters. The molecule has 0 saturated heterocycles. The van der Waals surface area contributed by atoms with E-state index in [1.807, 2.05) is 31.4 Å². The fourth-order valence-electron chi connectivity index (χ4n) is 0.603. The van der Waals surface area contributed by atoms with E-state index in [1.54, 1.807) is 6.20 Å². The van der Waals surface area contributed by atoms with Crippen molar-refractivity contribution in [3.8, 4) is 0 Å². The van der Waals surface area contributed by atoms with Crippen molar-refractivity contribution in [2.75, 3.05) is 0 Å². The maximum absolute atomic E-state index is 5.42. The van der Waals surface area contributed by atoms with Crippen molar-refractivity contribution in [1.82, 2.24) is 5.01 Å². The molecule has 48 valence electrons. The van der Waals surface area contributed by atoms with Gasteiger partial charge in [0.2, 0.25) is 0 Å². The fraction of sp³-hybridized carbons (Fsp3) is 0.143. The van der Waals surface area contributed by atoms with Gasteiger partial charge in [-0.1, -0.05) is 6.08 Å². The Morgan fingerprint density at radius 2 is 2.22 bits per heavy atom. The molecule has 0 radical (unpaired) electrons. The van der Waals surface area contributed by atoms with Crippen LogP contribution in [0.1, 0.15) is 6.92 Å². The van der Waals surface area contributed by atoms with E-state index < -0.39 is 0 Å². The zero-order chi connectivity index (χ0) is 6.69. The minimum absolute atomic E-state index is 1.21. The predicted octanol–water partition coefficient (Wildman–Crippen LogP) is 1.15. The van der Waals surface area contributed by atoms with Crippen LogP contribution in [0.5, 0.6) is 0 Å². The molecular weight excluding hydrogens is 112 g/mol. The molecule has 0 aromatic carbocycles. The third kappa shape index (κ3) is 1.74. The Bertz CT molecular complexity index is 177. The summed E-state index contributed by atoms with van der Waals surface area (Å²) in [5, 5.41) is 1.52. The normalized spacial score (nSPS) is 17.6. The largest absolute Gasteiger partial charge is 0.294 e. The van der Waals surface area contributed by atoms with Crippen LogP contribution in [-0.4, -0.2) is 5.01 Å². The van der Waals surface area contributed by atoms with Crippen LogP contribution in [0.3, 0.4) is 0 Å². The predicted molar refractivity (Wildman–Crippen MR) is 38.1 cm³/mol. The van der Waals surface area contributed by atoms with Gasteiger partial charge in [-0.05, 0) is 24.6 Å². The molecule has 0 amide bonds. The fourth-order valence-corrected chi connectivity index (χ4v) is 0.603. The monoisotopic (exact) mass is 122 g/mol. The Balaban J connectivity index is 2.75. The topological polar surface area (TPSA) is 29.3 Å². The molecule has 2 N–H and O–H groups in total. The maximum Gasteiger partial charge on any atom is 0.0209 e. The van der Waals surface area contributed by atoms with Crippen molar-refractivity contribution in [2.24, 2.45) is 5.84 Å². The van der Waals surface area contributed by atoms with E-state index in [9.17, 15) is 0 Å². The summed E-state index contributed by atoms with van der Waals surface area (Å²) in [6.45, 7) is 2.03. The summed E-state index contributed by atoms with van der Waals surface area (Å²) in [4.78, 5) is 0. The molecule has 0 fully saturated rings. The van der Waals surface area contributed by atoms with Crippen LogP contribution in [0, 0.1) is 0 Å². The van der Waals surface area contributed by atoms with Gasteiger partial charge in [0.05, 0.1) is 0 Å². The van der Waals surface area contributed by atoms with Crippen LogP contribution >= 0.6 is 0 Å². The molecule has 9 heavy (non-hydrogen) atoms. The second kappa shape index (κ2) is 2.51. The van der Waals surface area contributed by atoms with Crippen LogP contribution in [0.25, 0.3) is 0 Å². The third-order valence-corrected chi connectivity index (χ3v) is 1.13. The van der Waals surface area contributed by atoms with Crippen molar-refractivity contribution in [3.63, 3.8) is 0 Å². The van der Waals surface area contributed by atoms with Crippen LogP contribution in [0.4, 0.5) is 0 Å². The minimum atomic E-state index is 1.21. The third-order valence-electron chi connectivity index (χ3n) is 1.13. The zero-order valence-corrected chi connectivity index (χ0v) is 5.41. The lowest BCUT2D eigenvalue weighted by molar-refractivity contribution is 0.541. The van der Waals surface area contributed by atoms with E-state index in [4.69, 9.17) is 5.84 Å². The smallest absolute Gasteiger partial charge is 0.0209 e. The summed E-state index contributed by atoms with van der Waals surface area (Å²) < 4.78 is 0. The van der Waals surface area contributed by atoms with Crippen molar-refractivity contribution in [3.05, 3.63) is 36.2 Å². The summed E-state index contributed by atoms with van der Waals surface area (Å²) in [7, 11) is 0. The zero-order valence-electron chi connectivity index (χ0n) is 5.41. The number of hydrogen-bond acceptors (Lipinski definition) is 2. The first-order valence-corrected chi connectivity index (χ1v) is 2.85. The van der Waals surface area contributed by atoms with Crippen LogP contribution in [0.15, 0.2) is 36.2 Å². The molecule has 0 aromatic heterocycles. The highest BCUT2D eigenvalue weighted by Gasteiger charge is 1.86. The van der Waals surface area contributed by atoms with Gasteiger partial charge < -0.3 is 0 Å². The lowest BCUT2D eigenvalue weighted by Crippen LogP contribution is -2.16. The van der Waals surface area contributed by atoms with E-state index >= 15 is 0 Å². The Hall–Kier alpha value is -1.02. The number of nitrogens with zero attached hydrogens (tertiary/aromatic N) is 1. The molecule has 2 heteroatoms. The van der Waals surface area contributed by atoms with Gasteiger partial charge in [0, 0.05) is 12.4 Å². The van der Waals surface area contributed by atoms with Gasteiger partial charge in [0.1, 0.15) is 0 Å². The average molecular weight is 122 g/mol. The standard InChI is InChI=1S/C7H10N2/c1-7-3-2-5-9(8)6-4-7/h2-6H,8H2,1H3. The Labute approximate surface area is 54.9 Å². The second-order valence-corrected chi connectivity index (χ2v) is 2.02. The molecule has 0 unspecified atom stereocenters. The first-order valence-electron chi connectivity index (χ1n) is 2.85. The molecule has 1 rings (SSSR count). The van der Waals surface area contributed by atoms with Crippen LogP contribution in [0.2, 0.25) is 0 Å². The number of hydrogen-bond donors (Lipinski definition) is 1. The van der Waals surface area contributed by atoms with E-state index in [2.05, 4.69) is 0 Å². The van der Waals surface area contributed by atoms with Crippen molar-refractivity contribution < 1.29 is 0 Å². The van der Waals surface area contributed by atoms with Crippen molar-refractivity contribution >= 4 is 0 Å². The minimum Gasteiger partial charge on any atom is -0.294 e. The van der Waals surface area contributed by atoms with Crippen molar-refractivity contribution in [1.29, 1.82) is 0 Å². The molecule has 1 aliphatic heterocycles. The summed E-state index contributed by atoms with van der Waals surface area (Å²) in [5.41, 5.74) is 1.21. The molecular formula is C7H10N2. The van der Waals surface area contributed by atoms with E-state index in [0.29, 0.717) is 0 Å². The second-order valence-electron chi connectivity index (χ2n) is 2.02. The Kier molecular flexibility index (Phi) is 1.70. The van der Waals surface area contributed by atoms with Crippen LogP contribution < -0.4 is 5.84 Å². The molecule has 0 bridgehead atoms. The van der Waals surface area contributed by atoms with Gasteiger partial charge in [-0.15, -0.1) is 0 Å². The molecule has 2 nitrogen and oxygen atoms in total. The molecule has 1 heterocycles. The summed E-state index contributed by atoms with van der Waals surface area (Å²) in [6.07, 6.45) is 9.49. The number of hydrazine groups is 1. The lowest BCUT2D eigenvalue weighted by atomic mass is 10.3. The Morgan fingerprint density at radius 3 is 3.00 bits per heavy atom. The SMILES string of the molecule is CC1=CC=CN(N)C=C1. The van der Waals surface area contributed by atoms with Gasteiger partial charge in [0.15, 0.2) is 0 Å². The molecule has 0 saturated carbocycles. The van der Waals surface area contributed by atoms with Crippen LogP contribution in [-0.2, 0) is 0 Å². The maximum atomic E-state index is 5.42. The number of rotatable bonds is 0. The summed E-state index contributed by atoms with van der Waals surface area (Å²) >= 11 is 0. The van der Waals surface area contributed by atoms with Gasteiger partial charge in [-0.25, -0.2) is 5.84 Å². The molecule has 0 aliphatic carbocycles. The molecule has 0 aromatic rings. The van der Waals surface area contributed by atoms with Gasteiger partial charge in [-0.2, -0.15) is 0 Å².